The first-order chi connectivity index (χ1) is 9.04. The third kappa shape index (κ3) is 3.56. The Labute approximate surface area is 114 Å². The molecule has 0 atom stereocenters. The smallest absolute Gasteiger partial charge is 0.321 e. The molecule has 1 aromatic carbocycles. The largest absolute Gasteiger partial charge is 0.424 e. The van der Waals surface area contributed by atoms with Gasteiger partial charge in [0.05, 0.1) is 17.4 Å². The van der Waals surface area contributed by atoms with E-state index in [1.54, 1.807) is 18.2 Å². The number of carbonyl (C=O) groups is 1. The van der Waals surface area contributed by atoms with Crippen LogP contribution in [0.2, 0.25) is 5.02 Å². The van der Waals surface area contributed by atoms with Crippen molar-refractivity contribution in [1.82, 2.24) is 9.97 Å². The quantitative estimate of drug-likeness (QED) is 0.903. The molecule has 2 rings (SSSR count). The summed E-state index contributed by atoms with van der Waals surface area (Å²) < 4.78 is 5.50. The van der Waals surface area contributed by atoms with Gasteiger partial charge in [0.25, 0.3) is 0 Å². The molecule has 0 bridgehead atoms. The average molecular weight is 279 g/mol. The Bertz CT molecular complexity index is 601. The molecule has 1 aromatic heterocycles. The van der Waals surface area contributed by atoms with Gasteiger partial charge in [-0.15, -0.1) is 0 Å². The van der Waals surface area contributed by atoms with E-state index in [2.05, 4.69) is 15.3 Å². The van der Waals surface area contributed by atoms with Crippen LogP contribution in [0.5, 0.6) is 11.8 Å². The fourth-order valence-corrected chi connectivity index (χ4v) is 1.53. The van der Waals surface area contributed by atoms with E-state index in [4.69, 9.17) is 22.1 Å². The monoisotopic (exact) mass is 278 g/mol. The van der Waals surface area contributed by atoms with E-state index in [1.165, 1.54) is 12.4 Å². The number of hydrogen-bond acceptors (Lipinski definition) is 4. The van der Waals surface area contributed by atoms with Gasteiger partial charge in [-0.05, 0) is 30.7 Å². The van der Waals surface area contributed by atoms with Crippen LogP contribution in [0.4, 0.5) is 10.5 Å². The van der Waals surface area contributed by atoms with Crippen molar-refractivity contribution < 1.29 is 9.53 Å². The minimum atomic E-state index is -0.617. The lowest BCUT2D eigenvalue weighted by Crippen LogP contribution is -2.19. The third-order valence-corrected chi connectivity index (χ3v) is 2.44. The number of ether oxygens (including phenoxy) is 1. The lowest BCUT2D eigenvalue weighted by atomic mass is 10.2. The summed E-state index contributed by atoms with van der Waals surface area (Å²) in [5.74, 6) is 0.581. The molecule has 3 N–H and O–H groups in total. The van der Waals surface area contributed by atoms with Gasteiger partial charge < -0.3 is 15.8 Å². The summed E-state index contributed by atoms with van der Waals surface area (Å²) in [5, 5.41) is 2.91. The van der Waals surface area contributed by atoms with Gasteiger partial charge in [-0.1, -0.05) is 11.6 Å². The number of urea groups is 1. The standard InChI is InChI=1S/C12H11ClN4O2/c1-7-4-9(17-11(14)18)2-3-10(7)19-12-15-5-8(13)6-16-12/h2-6H,1H3,(H3,14,17,18). The number of hydrogen-bond donors (Lipinski definition) is 2. The first-order valence-electron chi connectivity index (χ1n) is 5.37. The molecule has 0 saturated carbocycles. The number of nitrogens with two attached hydrogens (primary N) is 1. The second-order valence-corrected chi connectivity index (χ2v) is 4.19. The maximum atomic E-state index is 10.7. The Morgan fingerprint density at radius 1 is 1.37 bits per heavy atom. The van der Waals surface area contributed by atoms with Gasteiger partial charge in [0.1, 0.15) is 5.75 Å². The molecule has 19 heavy (non-hydrogen) atoms. The highest BCUT2D eigenvalue weighted by atomic mass is 35.5. The van der Waals surface area contributed by atoms with E-state index in [1.807, 2.05) is 6.92 Å². The summed E-state index contributed by atoms with van der Waals surface area (Å²) in [6.07, 6.45) is 2.89. The van der Waals surface area contributed by atoms with Gasteiger partial charge in [-0.25, -0.2) is 14.8 Å². The molecule has 0 radical (unpaired) electrons. The molecule has 0 aliphatic heterocycles. The molecule has 1 heterocycles. The van der Waals surface area contributed by atoms with Gasteiger partial charge in [-0.3, -0.25) is 0 Å². The number of primary amides is 1. The molecular formula is C12H11ClN4O2. The molecule has 0 aliphatic rings. The second kappa shape index (κ2) is 5.53. The summed E-state index contributed by atoms with van der Waals surface area (Å²) in [5.41, 5.74) is 6.44. The lowest BCUT2D eigenvalue weighted by Gasteiger charge is -2.09. The molecular weight excluding hydrogens is 268 g/mol. The first kappa shape index (κ1) is 13.1. The highest BCUT2D eigenvalue weighted by Crippen LogP contribution is 2.25. The van der Waals surface area contributed by atoms with Crippen LogP contribution in [0.15, 0.2) is 30.6 Å². The predicted octanol–water partition coefficient (Wildman–Crippen LogP) is 2.72. The number of aromatic nitrogens is 2. The van der Waals surface area contributed by atoms with Crippen molar-refractivity contribution in [1.29, 1.82) is 0 Å². The number of halogens is 1. The number of amides is 2. The fraction of sp³-hybridized carbons (Fsp3) is 0.0833. The van der Waals surface area contributed by atoms with Crippen LogP contribution >= 0.6 is 11.6 Å². The van der Waals surface area contributed by atoms with Crippen molar-refractivity contribution in [2.75, 3.05) is 5.32 Å². The van der Waals surface area contributed by atoms with Crippen LogP contribution in [0, 0.1) is 6.92 Å². The predicted molar refractivity (Wildman–Crippen MR) is 71.5 cm³/mol. The normalized spacial score (nSPS) is 10.0. The SMILES string of the molecule is Cc1cc(NC(N)=O)ccc1Oc1ncc(Cl)cn1. The lowest BCUT2D eigenvalue weighted by molar-refractivity contribution is 0.259. The Hall–Kier alpha value is -2.34. The van der Waals surface area contributed by atoms with Crippen molar-refractivity contribution in [3.05, 3.63) is 41.2 Å². The highest BCUT2D eigenvalue weighted by molar-refractivity contribution is 6.30. The van der Waals surface area contributed by atoms with Gasteiger partial charge in [0, 0.05) is 5.69 Å². The molecule has 6 nitrogen and oxygen atoms in total. The number of rotatable bonds is 3. The number of anilines is 1. The van der Waals surface area contributed by atoms with Gasteiger partial charge in [0.2, 0.25) is 0 Å². The number of carbonyl (C=O) groups excluding carboxylic acids is 1. The van der Waals surface area contributed by atoms with E-state index < -0.39 is 6.03 Å². The zero-order chi connectivity index (χ0) is 13.8. The molecule has 0 aliphatic carbocycles. The van der Waals surface area contributed by atoms with Crippen LogP contribution in [0.25, 0.3) is 0 Å². The van der Waals surface area contributed by atoms with Crippen LogP contribution in [0.1, 0.15) is 5.56 Å². The maximum Gasteiger partial charge on any atom is 0.321 e. The zero-order valence-electron chi connectivity index (χ0n) is 10.1. The van der Waals surface area contributed by atoms with Crippen molar-refractivity contribution in [2.24, 2.45) is 5.73 Å². The van der Waals surface area contributed by atoms with E-state index in [9.17, 15) is 4.79 Å². The van der Waals surface area contributed by atoms with Gasteiger partial charge in [0.15, 0.2) is 0 Å². The van der Waals surface area contributed by atoms with Crippen molar-refractivity contribution in [2.45, 2.75) is 6.92 Å². The number of nitrogens with zero attached hydrogens (tertiary/aromatic N) is 2. The molecule has 2 amide bonds. The maximum absolute atomic E-state index is 10.7. The minimum absolute atomic E-state index is 0.197. The molecule has 98 valence electrons. The average Bonchev–Trinajstić information content (AvgIpc) is 2.34. The number of aryl methyl sites for hydroxylation is 1. The second-order valence-electron chi connectivity index (χ2n) is 3.76. The van der Waals surface area contributed by atoms with Crippen LogP contribution in [-0.2, 0) is 0 Å². The Morgan fingerprint density at radius 3 is 2.63 bits per heavy atom. The first-order valence-corrected chi connectivity index (χ1v) is 5.75. The van der Waals surface area contributed by atoms with Crippen LogP contribution in [-0.4, -0.2) is 16.0 Å². The van der Waals surface area contributed by atoms with Crippen molar-refractivity contribution >= 4 is 23.3 Å². The number of nitrogens with one attached hydrogen (secondary N) is 1. The highest BCUT2D eigenvalue weighted by Gasteiger charge is 2.05. The summed E-state index contributed by atoms with van der Waals surface area (Å²) in [7, 11) is 0. The molecule has 2 aromatic rings. The van der Waals surface area contributed by atoms with E-state index in [0.717, 1.165) is 5.56 Å². The Kier molecular flexibility index (Phi) is 3.82. The van der Waals surface area contributed by atoms with E-state index in [-0.39, 0.29) is 6.01 Å². The van der Waals surface area contributed by atoms with E-state index >= 15 is 0 Å². The summed E-state index contributed by atoms with van der Waals surface area (Å²) in [6.45, 7) is 1.83. The summed E-state index contributed by atoms with van der Waals surface area (Å²) in [6, 6.07) is 4.68. The topological polar surface area (TPSA) is 90.1 Å². The fourth-order valence-electron chi connectivity index (χ4n) is 1.44. The summed E-state index contributed by atoms with van der Waals surface area (Å²) >= 11 is 5.68. The molecule has 0 saturated heterocycles. The third-order valence-electron chi connectivity index (χ3n) is 2.24. The molecule has 0 spiro atoms. The summed E-state index contributed by atoms with van der Waals surface area (Å²) in [4.78, 5) is 18.6. The van der Waals surface area contributed by atoms with Crippen LogP contribution < -0.4 is 15.8 Å². The zero-order valence-corrected chi connectivity index (χ0v) is 10.8. The van der Waals surface area contributed by atoms with Gasteiger partial charge in [-0.2, -0.15) is 0 Å². The van der Waals surface area contributed by atoms with Gasteiger partial charge >= 0.3 is 12.0 Å². The van der Waals surface area contributed by atoms with Crippen LogP contribution in [0.3, 0.4) is 0 Å². The van der Waals surface area contributed by atoms with Crippen molar-refractivity contribution in [3.8, 4) is 11.8 Å². The molecule has 0 fully saturated rings. The molecule has 7 heteroatoms. The number of benzene rings is 1. The van der Waals surface area contributed by atoms with Crippen molar-refractivity contribution in [3.63, 3.8) is 0 Å². The minimum Gasteiger partial charge on any atom is -0.424 e. The van der Waals surface area contributed by atoms with E-state index in [0.29, 0.717) is 16.5 Å². The molecule has 0 unspecified atom stereocenters. The Morgan fingerprint density at radius 2 is 2.05 bits per heavy atom. The Balaban J connectivity index is 2.17.